The first-order chi connectivity index (χ1) is 14.6. The van der Waals surface area contributed by atoms with Crippen molar-refractivity contribution in [3.8, 4) is 5.75 Å². The van der Waals surface area contributed by atoms with Gasteiger partial charge in [0.05, 0.1) is 12.2 Å². The number of carbonyl (C=O) groups is 2. The van der Waals surface area contributed by atoms with Gasteiger partial charge in [0.2, 0.25) is 0 Å². The van der Waals surface area contributed by atoms with Crippen LogP contribution in [0.5, 0.6) is 5.75 Å². The molecule has 3 rings (SSSR count). The number of nitrogens with one attached hydrogen (secondary N) is 1. The van der Waals surface area contributed by atoms with Crippen molar-refractivity contribution >= 4 is 22.6 Å². The molecule has 168 valence electrons. The molecule has 1 unspecified atom stereocenters. The molecular weight excluding hydrogens is 397 g/mol. The number of aliphatic carboxylic acids is 1. The van der Waals surface area contributed by atoms with Crippen LogP contribution < -0.4 is 10.1 Å². The predicted octanol–water partition coefficient (Wildman–Crippen LogP) is 5.56. The summed E-state index contributed by atoms with van der Waals surface area (Å²) in [7, 11) is 0. The van der Waals surface area contributed by atoms with E-state index < -0.39 is 17.9 Å². The van der Waals surface area contributed by atoms with E-state index in [0.717, 1.165) is 12.8 Å². The van der Waals surface area contributed by atoms with Crippen molar-refractivity contribution in [2.45, 2.75) is 65.3 Å². The highest BCUT2D eigenvalue weighted by Crippen LogP contribution is 2.33. The van der Waals surface area contributed by atoms with E-state index in [9.17, 15) is 19.1 Å². The van der Waals surface area contributed by atoms with E-state index >= 15 is 0 Å². The molecule has 0 heterocycles. The van der Waals surface area contributed by atoms with Gasteiger partial charge >= 0.3 is 5.97 Å². The highest BCUT2D eigenvalue weighted by molar-refractivity contribution is 6.04. The molecule has 2 N–H and O–H groups in total. The molecule has 0 saturated heterocycles. The zero-order chi connectivity index (χ0) is 22.6. The number of carboxylic acids is 1. The number of benzene rings is 2. The molecule has 1 fully saturated rings. The predicted molar refractivity (Wildman–Crippen MR) is 119 cm³/mol. The van der Waals surface area contributed by atoms with E-state index in [1.807, 2.05) is 20.8 Å². The number of hydrogen-bond acceptors (Lipinski definition) is 3. The second kappa shape index (κ2) is 9.67. The highest BCUT2D eigenvalue weighted by atomic mass is 19.1. The number of carbonyl (C=O) groups excluding carboxylic acids is 1. The number of hydrogen-bond donors (Lipinski definition) is 2. The minimum Gasteiger partial charge on any atom is -0.492 e. The van der Waals surface area contributed by atoms with E-state index in [-0.39, 0.29) is 16.8 Å². The molecule has 2 aromatic carbocycles. The summed E-state index contributed by atoms with van der Waals surface area (Å²) in [5.41, 5.74) is 0.00691. The minimum absolute atomic E-state index is 0.266. The molecule has 5 nitrogen and oxygen atoms in total. The van der Waals surface area contributed by atoms with Crippen molar-refractivity contribution in [1.82, 2.24) is 5.32 Å². The van der Waals surface area contributed by atoms with Crippen LogP contribution in [-0.2, 0) is 4.79 Å². The summed E-state index contributed by atoms with van der Waals surface area (Å²) in [5.74, 6) is -1.12. The standard InChI is InChI=1S/C25H32FNO4/c1-25(2,3)14-21(24(29)30)27-23(28)20-11-9-17-13-18(26)10-12-19(17)22(20)31-15-16-7-5-4-6-8-16/h9-13,16,21H,4-8,14-15H2,1-3H3,(H,27,28)(H,29,30). The molecule has 2 aromatic rings. The van der Waals surface area contributed by atoms with E-state index in [4.69, 9.17) is 4.74 Å². The van der Waals surface area contributed by atoms with Crippen molar-refractivity contribution in [2.75, 3.05) is 6.61 Å². The number of ether oxygens (including phenoxy) is 1. The van der Waals surface area contributed by atoms with E-state index in [2.05, 4.69) is 5.32 Å². The summed E-state index contributed by atoms with van der Waals surface area (Å²) in [6.07, 6.45) is 6.07. The zero-order valence-corrected chi connectivity index (χ0v) is 18.5. The Hall–Kier alpha value is -2.63. The van der Waals surface area contributed by atoms with Gasteiger partial charge in [-0.2, -0.15) is 0 Å². The third-order valence-corrected chi connectivity index (χ3v) is 5.79. The molecule has 1 amide bonds. The van der Waals surface area contributed by atoms with Crippen molar-refractivity contribution in [1.29, 1.82) is 0 Å². The SMILES string of the molecule is CC(C)(C)CC(NC(=O)c1ccc2cc(F)ccc2c1OCC1CCCCC1)C(=O)O. The van der Waals surface area contributed by atoms with Crippen LogP contribution in [0, 0.1) is 17.2 Å². The van der Waals surface area contributed by atoms with Crippen molar-refractivity contribution in [3.63, 3.8) is 0 Å². The third-order valence-electron chi connectivity index (χ3n) is 5.79. The van der Waals surface area contributed by atoms with Crippen LogP contribution in [-0.4, -0.2) is 29.6 Å². The smallest absolute Gasteiger partial charge is 0.326 e. The molecule has 31 heavy (non-hydrogen) atoms. The van der Waals surface area contributed by atoms with Gasteiger partial charge in [-0.1, -0.05) is 46.1 Å². The number of rotatable bonds is 7. The fourth-order valence-electron chi connectivity index (χ4n) is 4.21. The Kier molecular flexibility index (Phi) is 7.19. The van der Waals surface area contributed by atoms with Gasteiger partial charge in [-0.25, -0.2) is 9.18 Å². The molecule has 1 aliphatic carbocycles. The first-order valence-corrected chi connectivity index (χ1v) is 11.0. The molecule has 1 aliphatic rings. The Bertz CT molecular complexity index is 944. The lowest BCUT2D eigenvalue weighted by Gasteiger charge is -2.25. The van der Waals surface area contributed by atoms with Crippen LogP contribution in [0.15, 0.2) is 30.3 Å². The average Bonchev–Trinajstić information content (AvgIpc) is 2.70. The molecule has 0 aliphatic heterocycles. The molecule has 0 radical (unpaired) electrons. The van der Waals surface area contributed by atoms with Gasteiger partial charge in [0.25, 0.3) is 5.91 Å². The lowest BCUT2D eigenvalue weighted by molar-refractivity contribution is -0.140. The molecule has 0 spiro atoms. The van der Waals surface area contributed by atoms with E-state index in [1.165, 1.54) is 31.4 Å². The van der Waals surface area contributed by atoms with Crippen LogP contribution in [0.3, 0.4) is 0 Å². The van der Waals surface area contributed by atoms with Gasteiger partial charge in [0.15, 0.2) is 0 Å². The summed E-state index contributed by atoms with van der Waals surface area (Å²) >= 11 is 0. The van der Waals surface area contributed by atoms with Gasteiger partial charge in [-0.05, 0) is 60.2 Å². The number of halogens is 1. The number of carboxylic acid groups (broad SMARTS) is 1. The lowest BCUT2D eigenvalue weighted by Crippen LogP contribution is -2.43. The Balaban J connectivity index is 1.91. The Labute approximate surface area is 183 Å². The Morgan fingerprint density at radius 2 is 1.87 bits per heavy atom. The average molecular weight is 430 g/mol. The largest absolute Gasteiger partial charge is 0.492 e. The number of fused-ring (bicyclic) bond motifs is 1. The monoisotopic (exact) mass is 429 g/mol. The van der Waals surface area contributed by atoms with Gasteiger partial charge in [-0.3, -0.25) is 4.79 Å². The van der Waals surface area contributed by atoms with Gasteiger partial charge < -0.3 is 15.2 Å². The first-order valence-electron chi connectivity index (χ1n) is 11.0. The second-order valence-corrected chi connectivity index (χ2v) is 9.75. The minimum atomic E-state index is -1.07. The van der Waals surface area contributed by atoms with Gasteiger partial charge in [0.1, 0.15) is 17.6 Å². The summed E-state index contributed by atoms with van der Waals surface area (Å²) in [4.78, 5) is 24.8. The van der Waals surface area contributed by atoms with Gasteiger partial charge in [0, 0.05) is 5.39 Å². The maximum atomic E-state index is 13.7. The van der Waals surface area contributed by atoms with Crippen LogP contribution in [0.4, 0.5) is 4.39 Å². The Morgan fingerprint density at radius 1 is 1.16 bits per heavy atom. The maximum Gasteiger partial charge on any atom is 0.326 e. The third kappa shape index (κ3) is 6.18. The zero-order valence-electron chi connectivity index (χ0n) is 18.5. The fourth-order valence-corrected chi connectivity index (χ4v) is 4.21. The molecule has 0 aromatic heterocycles. The van der Waals surface area contributed by atoms with Crippen molar-refractivity contribution in [3.05, 3.63) is 41.7 Å². The van der Waals surface area contributed by atoms with Crippen LogP contribution in [0.1, 0.15) is 69.7 Å². The summed E-state index contributed by atoms with van der Waals surface area (Å²) in [6, 6.07) is 6.61. The lowest BCUT2D eigenvalue weighted by atomic mass is 9.88. The summed E-state index contributed by atoms with van der Waals surface area (Å²) < 4.78 is 19.9. The molecule has 0 bridgehead atoms. The van der Waals surface area contributed by atoms with Crippen LogP contribution in [0.25, 0.3) is 10.8 Å². The van der Waals surface area contributed by atoms with Crippen molar-refractivity contribution in [2.24, 2.45) is 11.3 Å². The quantitative estimate of drug-likeness (QED) is 0.604. The van der Waals surface area contributed by atoms with Gasteiger partial charge in [-0.15, -0.1) is 0 Å². The summed E-state index contributed by atoms with van der Waals surface area (Å²) in [6.45, 7) is 6.27. The molecule has 1 atom stereocenters. The number of amides is 1. The fraction of sp³-hybridized carbons (Fsp3) is 0.520. The molecule has 6 heteroatoms. The maximum absolute atomic E-state index is 13.7. The summed E-state index contributed by atoms with van der Waals surface area (Å²) in [5, 5.41) is 13.5. The second-order valence-electron chi connectivity index (χ2n) is 9.75. The normalized spacial score (nSPS) is 16.1. The van der Waals surface area contributed by atoms with E-state index in [0.29, 0.717) is 35.5 Å². The van der Waals surface area contributed by atoms with Crippen LogP contribution >= 0.6 is 0 Å². The topological polar surface area (TPSA) is 75.6 Å². The molecule has 1 saturated carbocycles. The van der Waals surface area contributed by atoms with Crippen LogP contribution in [0.2, 0.25) is 0 Å². The molecular formula is C25H32FNO4. The van der Waals surface area contributed by atoms with E-state index in [1.54, 1.807) is 18.2 Å². The Morgan fingerprint density at radius 3 is 2.52 bits per heavy atom. The van der Waals surface area contributed by atoms with Crippen molar-refractivity contribution < 1.29 is 23.8 Å². The first kappa shape index (κ1) is 23.0. The highest BCUT2D eigenvalue weighted by Gasteiger charge is 2.28.